The summed E-state index contributed by atoms with van der Waals surface area (Å²) in [4.78, 5) is 10.9. The Morgan fingerprint density at radius 3 is 2.75 bits per heavy atom. The number of anilines is 1. The molecule has 1 aromatic rings. The molecule has 0 unspecified atom stereocenters. The van der Waals surface area contributed by atoms with Crippen LogP contribution in [0.1, 0.15) is 11.3 Å². The van der Waals surface area contributed by atoms with Crippen LogP contribution in [0.25, 0.3) is 0 Å². The number of aromatic nitrogens is 2. The maximum atomic E-state index is 10.9. The number of halogens is 1. The molecular weight excluding hydrogens is 222 g/mol. The van der Waals surface area contributed by atoms with E-state index in [-0.39, 0.29) is 5.91 Å². The van der Waals surface area contributed by atoms with Gasteiger partial charge in [0.25, 0.3) is 0 Å². The Morgan fingerprint density at radius 1 is 1.67 bits per heavy atom. The van der Waals surface area contributed by atoms with Crippen molar-refractivity contribution in [2.75, 3.05) is 10.6 Å². The summed E-state index contributed by atoms with van der Waals surface area (Å²) in [7, 11) is 0. The predicted molar refractivity (Wildman–Crippen MR) is 50.5 cm³/mol. The lowest BCUT2D eigenvalue weighted by Crippen LogP contribution is -2.13. The summed E-state index contributed by atoms with van der Waals surface area (Å²) >= 11 is 3.05. The molecule has 0 spiro atoms. The van der Waals surface area contributed by atoms with Crippen LogP contribution >= 0.6 is 15.9 Å². The average Bonchev–Trinajstić information content (AvgIpc) is 2.36. The van der Waals surface area contributed by atoms with Crippen LogP contribution in [-0.4, -0.2) is 21.4 Å². The van der Waals surface area contributed by atoms with E-state index in [1.54, 1.807) is 0 Å². The molecule has 1 rings (SSSR count). The van der Waals surface area contributed by atoms with Crippen LogP contribution in [0.3, 0.4) is 0 Å². The summed E-state index contributed by atoms with van der Waals surface area (Å²) in [5.74, 6) is 0.515. The molecule has 0 aliphatic rings. The highest BCUT2D eigenvalue weighted by atomic mass is 79.9. The molecule has 0 aromatic carbocycles. The molecule has 1 aromatic heterocycles. The van der Waals surface area contributed by atoms with Crippen molar-refractivity contribution < 1.29 is 4.79 Å². The summed E-state index contributed by atoms with van der Waals surface area (Å²) in [5, 5.41) is 9.65. The average molecular weight is 232 g/mol. The number of carbonyl (C=O) groups excluding carboxylic acids is 1. The first kappa shape index (κ1) is 9.25. The van der Waals surface area contributed by atoms with E-state index in [1.807, 2.05) is 13.8 Å². The first-order chi connectivity index (χ1) is 5.65. The van der Waals surface area contributed by atoms with Gasteiger partial charge in [0.15, 0.2) is 5.82 Å². The predicted octanol–water partition coefficient (Wildman–Crippen LogP) is 1.36. The Morgan fingerprint density at radius 2 is 2.33 bits per heavy atom. The minimum absolute atomic E-state index is 0.0930. The SMILES string of the molecule is Cc1[nH]nc(NC(=O)CBr)c1C. The molecule has 0 atom stereocenters. The number of hydrogen-bond acceptors (Lipinski definition) is 2. The smallest absolute Gasteiger partial charge is 0.236 e. The largest absolute Gasteiger partial charge is 0.308 e. The van der Waals surface area contributed by atoms with Crippen LogP contribution in [-0.2, 0) is 4.79 Å². The van der Waals surface area contributed by atoms with Crippen molar-refractivity contribution in [3.8, 4) is 0 Å². The number of aryl methyl sites for hydroxylation is 1. The number of nitrogens with zero attached hydrogens (tertiary/aromatic N) is 1. The van der Waals surface area contributed by atoms with Crippen molar-refractivity contribution in [1.82, 2.24) is 10.2 Å². The molecule has 2 N–H and O–H groups in total. The van der Waals surface area contributed by atoms with E-state index < -0.39 is 0 Å². The Hall–Kier alpha value is -0.840. The quantitative estimate of drug-likeness (QED) is 0.756. The highest BCUT2D eigenvalue weighted by molar-refractivity contribution is 9.09. The molecule has 0 aliphatic carbocycles. The van der Waals surface area contributed by atoms with Crippen molar-refractivity contribution in [3.63, 3.8) is 0 Å². The van der Waals surface area contributed by atoms with Crippen LogP contribution in [0.15, 0.2) is 0 Å². The molecule has 66 valence electrons. The van der Waals surface area contributed by atoms with Crippen molar-refractivity contribution in [1.29, 1.82) is 0 Å². The van der Waals surface area contributed by atoms with Gasteiger partial charge in [0.1, 0.15) is 0 Å². The maximum Gasteiger partial charge on any atom is 0.236 e. The number of carbonyl (C=O) groups is 1. The van der Waals surface area contributed by atoms with Gasteiger partial charge in [-0.2, -0.15) is 5.10 Å². The van der Waals surface area contributed by atoms with Crippen molar-refractivity contribution >= 4 is 27.7 Å². The molecule has 1 amide bonds. The standard InChI is InChI=1S/C7H10BrN3O/c1-4-5(2)10-11-7(4)9-6(12)3-8/h3H2,1-2H3,(H2,9,10,11,12). The van der Waals surface area contributed by atoms with E-state index in [0.717, 1.165) is 11.3 Å². The van der Waals surface area contributed by atoms with Crippen LogP contribution in [0.4, 0.5) is 5.82 Å². The lowest BCUT2D eigenvalue weighted by Gasteiger charge is -1.98. The molecule has 12 heavy (non-hydrogen) atoms. The fourth-order valence-corrected chi connectivity index (χ4v) is 0.912. The van der Waals surface area contributed by atoms with Crippen molar-refractivity contribution in [3.05, 3.63) is 11.3 Å². The molecule has 0 bridgehead atoms. The summed E-state index contributed by atoms with van der Waals surface area (Å²) in [6.07, 6.45) is 0. The molecule has 0 aliphatic heterocycles. The molecule has 0 saturated heterocycles. The summed E-state index contributed by atoms with van der Waals surface area (Å²) in [6, 6.07) is 0. The lowest BCUT2D eigenvalue weighted by atomic mass is 10.3. The molecule has 5 heteroatoms. The van der Waals surface area contributed by atoms with Crippen molar-refractivity contribution in [2.45, 2.75) is 13.8 Å². The zero-order chi connectivity index (χ0) is 9.14. The number of H-pyrrole nitrogens is 1. The first-order valence-corrected chi connectivity index (χ1v) is 4.64. The number of nitrogens with one attached hydrogen (secondary N) is 2. The lowest BCUT2D eigenvalue weighted by molar-refractivity contribution is -0.113. The van der Waals surface area contributed by atoms with Crippen LogP contribution in [0.2, 0.25) is 0 Å². The van der Waals surface area contributed by atoms with Gasteiger partial charge in [-0.3, -0.25) is 9.89 Å². The Bertz CT molecular complexity index is 295. The van der Waals surface area contributed by atoms with E-state index in [1.165, 1.54) is 0 Å². The highest BCUT2D eigenvalue weighted by Crippen LogP contribution is 2.13. The molecule has 0 fully saturated rings. The fraction of sp³-hybridized carbons (Fsp3) is 0.429. The third-order valence-corrected chi connectivity index (χ3v) is 2.14. The van der Waals surface area contributed by atoms with Gasteiger partial charge in [0.2, 0.25) is 5.91 Å². The molecular formula is C7H10BrN3O. The van der Waals surface area contributed by atoms with Gasteiger partial charge in [-0.1, -0.05) is 15.9 Å². The first-order valence-electron chi connectivity index (χ1n) is 3.52. The fourth-order valence-electron chi connectivity index (χ4n) is 0.772. The second-order valence-corrected chi connectivity index (χ2v) is 3.06. The molecule has 0 saturated carbocycles. The number of hydrogen-bond donors (Lipinski definition) is 2. The van der Waals surface area contributed by atoms with E-state index in [9.17, 15) is 4.79 Å². The third kappa shape index (κ3) is 1.85. The maximum absolute atomic E-state index is 10.9. The van der Waals surface area contributed by atoms with Gasteiger partial charge in [-0.15, -0.1) is 0 Å². The Kier molecular flexibility index (Phi) is 2.86. The number of rotatable bonds is 2. The third-order valence-electron chi connectivity index (χ3n) is 1.63. The van der Waals surface area contributed by atoms with E-state index in [4.69, 9.17) is 0 Å². The Labute approximate surface area is 78.9 Å². The molecule has 1 heterocycles. The van der Waals surface area contributed by atoms with E-state index in [2.05, 4.69) is 31.4 Å². The Balaban J connectivity index is 2.76. The van der Waals surface area contributed by atoms with E-state index in [0.29, 0.717) is 11.1 Å². The zero-order valence-corrected chi connectivity index (χ0v) is 8.53. The van der Waals surface area contributed by atoms with Crippen LogP contribution in [0, 0.1) is 13.8 Å². The molecule has 4 nitrogen and oxygen atoms in total. The van der Waals surface area contributed by atoms with Gasteiger partial charge in [0, 0.05) is 11.3 Å². The van der Waals surface area contributed by atoms with Gasteiger partial charge in [-0.25, -0.2) is 0 Å². The highest BCUT2D eigenvalue weighted by Gasteiger charge is 2.07. The number of aromatic amines is 1. The van der Waals surface area contributed by atoms with Crippen molar-refractivity contribution in [2.24, 2.45) is 0 Å². The minimum atomic E-state index is -0.0930. The number of alkyl halides is 1. The zero-order valence-electron chi connectivity index (χ0n) is 6.94. The number of amides is 1. The van der Waals surface area contributed by atoms with Gasteiger partial charge < -0.3 is 5.32 Å². The topological polar surface area (TPSA) is 57.8 Å². The molecule has 0 radical (unpaired) electrons. The van der Waals surface area contributed by atoms with Gasteiger partial charge in [0.05, 0.1) is 5.33 Å². The van der Waals surface area contributed by atoms with Gasteiger partial charge >= 0.3 is 0 Å². The van der Waals surface area contributed by atoms with Gasteiger partial charge in [-0.05, 0) is 13.8 Å². The summed E-state index contributed by atoms with van der Waals surface area (Å²) in [6.45, 7) is 3.81. The monoisotopic (exact) mass is 231 g/mol. The van der Waals surface area contributed by atoms with E-state index >= 15 is 0 Å². The summed E-state index contributed by atoms with van der Waals surface area (Å²) in [5.41, 5.74) is 1.95. The van der Waals surface area contributed by atoms with Crippen LogP contribution < -0.4 is 5.32 Å². The van der Waals surface area contributed by atoms with Crippen LogP contribution in [0.5, 0.6) is 0 Å². The normalized spacial score (nSPS) is 9.92. The summed E-state index contributed by atoms with van der Waals surface area (Å²) < 4.78 is 0. The second-order valence-electron chi connectivity index (χ2n) is 2.50. The second kappa shape index (κ2) is 3.71. The minimum Gasteiger partial charge on any atom is -0.308 e.